The average molecular weight is 604 g/mol. The molecule has 0 saturated carbocycles. The molecule has 0 aliphatic carbocycles. The van der Waals surface area contributed by atoms with Gasteiger partial charge in [-0.25, -0.2) is 4.79 Å². The van der Waals surface area contributed by atoms with Crippen LogP contribution >= 0.6 is 24.0 Å². The number of nitrogens with two attached hydrogens (primary N) is 1. The Hall–Kier alpha value is -3.70. The lowest BCUT2D eigenvalue weighted by Gasteiger charge is -2.26. The number of thioether (sulfide) groups is 1. The number of ether oxygens (including phenoxy) is 2. The number of nitrogens with zero attached hydrogens (tertiary/aromatic N) is 2. The predicted octanol–water partition coefficient (Wildman–Crippen LogP) is 5.10. The van der Waals surface area contributed by atoms with Crippen molar-refractivity contribution in [3.8, 4) is 16.9 Å². The quantitative estimate of drug-likeness (QED) is 0.186. The number of rotatable bonds is 10. The van der Waals surface area contributed by atoms with E-state index in [1.54, 1.807) is 29.2 Å². The molecule has 1 amide bonds. The van der Waals surface area contributed by atoms with Gasteiger partial charge in [-0.1, -0.05) is 54.3 Å². The number of morpholine rings is 1. The number of amides is 1. The maximum atomic E-state index is 13.3. The first-order valence-electron chi connectivity index (χ1n) is 13.8. The molecule has 2 saturated heterocycles. The second kappa shape index (κ2) is 13.5. The van der Waals surface area contributed by atoms with Gasteiger partial charge in [0.2, 0.25) is 0 Å². The molecule has 8 nitrogen and oxygen atoms in total. The van der Waals surface area contributed by atoms with Crippen molar-refractivity contribution in [1.82, 2.24) is 9.80 Å². The van der Waals surface area contributed by atoms with Crippen molar-refractivity contribution in [3.05, 3.63) is 87.8 Å². The summed E-state index contributed by atoms with van der Waals surface area (Å²) in [6.45, 7) is 7.04. The molecule has 2 aliphatic rings. The summed E-state index contributed by atoms with van der Waals surface area (Å²) in [6, 6.07) is 18.5. The van der Waals surface area contributed by atoms with E-state index < -0.39 is 5.97 Å². The fraction of sp³-hybridized carbons (Fsp3) is 0.281. The molecular weight excluding hydrogens is 571 g/mol. The van der Waals surface area contributed by atoms with E-state index in [0.29, 0.717) is 34.5 Å². The van der Waals surface area contributed by atoms with Gasteiger partial charge in [0.1, 0.15) is 16.7 Å². The van der Waals surface area contributed by atoms with Crippen LogP contribution in [0.25, 0.3) is 17.2 Å². The van der Waals surface area contributed by atoms with Crippen molar-refractivity contribution < 1.29 is 24.2 Å². The van der Waals surface area contributed by atoms with Crippen LogP contribution in [-0.2, 0) is 16.0 Å². The Labute approximate surface area is 255 Å². The summed E-state index contributed by atoms with van der Waals surface area (Å²) < 4.78 is 12.2. The first-order chi connectivity index (χ1) is 20.3. The standard InChI is InChI=1S/C32H33N3O5S2/c1-21-2-6-25(20-27(21)33)26-18-23(5-9-28(26)40-17-14-34-12-15-39-16-13-34)19-29-30(36)35(32(41)42-29)11-10-22-3-7-24(8-4-22)31(37)38/h2-9,18-20H,10-17,33H2,1H3,(H,37,38). The van der Waals surface area contributed by atoms with Gasteiger partial charge in [-0.05, 0) is 72.0 Å². The molecule has 3 aromatic carbocycles. The Bertz CT molecular complexity index is 1520. The van der Waals surface area contributed by atoms with Gasteiger partial charge in [-0.15, -0.1) is 0 Å². The summed E-state index contributed by atoms with van der Waals surface area (Å²) in [5.41, 5.74) is 11.8. The van der Waals surface area contributed by atoms with E-state index >= 15 is 0 Å². The summed E-state index contributed by atoms with van der Waals surface area (Å²) in [5.74, 6) is -0.352. The molecule has 0 bridgehead atoms. The van der Waals surface area contributed by atoms with Crippen molar-refractivity contribution in [2.24, 2.45) is 0 Å². The molecule has 10 heteroatoms. The van der Waals surface area contributed by atoms with Crippen LogP contribution in [0.4, 0.5) is 5.69 Å². The van der Waals surface area contributed by atoms with E-state index in [1.165, 1.54) is 11.8 Å². The summed E-state index contributed by atoms with van der Waals surface area (Å²) in [4.78, 5) is 28.9. The van der Waals surface area contributed by atoms with Gasteiger partial charge in [-0.3, -0.25) is 14.6 Å². The number of thiocarbonyl (C=S) groups is 1. The molecule has 2 aliphatic heterocycles. The number of carbonyl (C=O) groups excluding carboxylic acids is 1. The minimum absolute atomic E-state index is 0.140. The smallest absolute Gasteiger partial charge is 0.335 e. The first kappa shape index (κ1) is 29.8. The fourth-order valence-corrected chi connectivity index (χ4v) is 6.11. The lowest BCUT2D eigenvalue weighted by atomic mass is 9.99. The number of anilines is 1. The largest absolute Gasteiger partial charge is 0.492 e. The van der Waals surface area contributed by atoms with Crippen molar-refractivity contribution in [2.45, 2.75) is 13.3 Å². The first-order valence-corrected chi connectivity index (χ1v) is 15.0. The topological polar surface area (TPSA) is 105 Å². The number of aryl methyl sites for hydroxylation is 1. The highest BCUT2D eigenvalue weighted by Crippen LogP contribution is 2.36. The van der Waals surface area contributed by atoms with Gasteiger partial charge in [-0.2, -0.15) is 0 Å². The van der Waals surface area contributed by atoms with Crippen LogP contribution in [-0.4, -0.2) is 77.1 Å². The summed E-state index contributed by atoms with van der Waals surface area (Å²) in [7, 11) is 0. The summed E-state index contributed by atoms with van der Waals surface area (Å²) in [6.07, 6.45) is 2.43. The molecule has 0 spiro atoms. The number of nitrogen functional groups attached to an aromatic ring is 1. The van der Waals surface area contributed by atoms with Crippen molar-refractivity contribution in [2.75, 3.05) is 51.7 Å². The van der Waals surface area contributed by atoms with Gasteiger partial charge in [0, 0.05) is 37.4 Å². The SMILES string of the molecule is Cc1ccc(-c2cc(C=C3SC(=S)N(CCc4ccc(C(=O)O)cc4)C3=O)ccc2OCCN2CCOCC2)cc1N. The lowest BCUT2D eigenvalue weighted by Crippen LogP contribution is -2.38. The van der Waals surface area contributed by atoms with Crippen LogP contribution in [0.1, 0.15) is 27.0 Å². The van der Waals surface area contributed by atoms with E-state index in [0.717, 1.165) is 66.4 Å². The highest BCUT2D eigenvalue weighted by atomic mass is 32.2. The van der Waals surface area contributed by atoms with Crippen LogP contribution in [0.2, 0.25) is 0 Å². The molecule has 0 aromatic heterocycles. The number of aromatic carboxylic acids is 1. The highest BCUT2D eigenvalue weighted by Gasteiger charge is 2.31. The second-order valence-electron chi connectivity index (χ2n) is 10.2. The molecule has 42 heavy (non-hydrogen) atoms. The van der Waals surface area contributed by atoms with E-state index in [9.17, 15) is 9.59 Å². The second-order valence-corrected chi connectivity index (χ2v) is 11.9. The number of carboxylic acids is 1. The zero-order valence-electron chi connectivity index (χ0n) is 23.4. The molecule has 3 N–H and O–H groups in total. The number of carbonyl (C=O) groups is 2. The van der Waals surface area contributed by atoms with E-state index in [-0.39, 0.29) is 11.5 Å². The minimum atomic E-state index is -0.967. The third kappa shape index (κ3) is 7.19. The Morgan fingerprint density at radius 1 is 1.10 bits per heavy atom. The van der Waals surface area contributed by atoms with Crippen LogP contribution < -0.4 is 10.5 Å². The maximum Gasteiger partial charge on any atom is 0.335 e. The molecule has 0 unspecified atom stereocenters. The van der Waals surface area contributed by atoms with Crippen molar-refractivity contribution >= 4 is 51.9 Å². The molecule has 2 fully saturated rings. The minimum Gasteiger partial charge on any atom is -0.492 e. The van der Waals surface area contributed by atoms with Crippen LogP contribution in [0, 0.1) is 6.92 Å². The monoisotopic (exact) mass is 603 g/mol. The molecule has 218 valence electrons. The lowest BCUT2D eigenvalue weighted by molar-refractivity contribution is -0.122. The maximum absolute atomic E-state index is 13.3. The number of carboxylic acid groups (broad SMARTS) is 1. The summed E-state index contributed by atoms with van der Waals surface area (Å²) in [5, 5.41) is 9.11. The predicted molar refractivity (Wildman–Crippen MR) is 171 cm³/mol. The number of benzene rings is 3. The Morgan fingerprint density at radius 3 is 2.57 bits per heavy atom. The van der Waals surface area contributed by atoms with Crippen LogP contribution in [0.15, 0.2) is 65.6 Å². The third-order valence-corrected chi connectivity index (χ3v) is 8.74. The number of hydrogen-bond donors (Lipinski definition) is 2. The Kier molecular flexibility index (Phi) is 9.58. The molecule has 0 radical (unpaired) electrons. The van der Waals surface area contributed by atoms with E-state index in [4.69, 9.17) is 32.5 Å². The zero-order chi connectivity index (χ0) is 29.6. The van der Waals surface area contributed by atoms with Crippen molar-refractivity contribution in [1.29, 1.82) is 0 Å². The van der Waals surface area contributed by atoms with E-state index in [1.807, 2.05) is 49.4 Å². The molecule has 3 aromatic rings. The van der Waals surface area contributed by atoms with Crippen molar-refractivity contribution in [3.63, 3.8) is 0 Å². The highest BCUT2D eigenvalue weighted by molar-refractivity contribution is 8.26. The molecule has 2 heterocycles. The Balaban J connectivity index is 1.32. The van der Waals surface area contributed by atoms with Crippen LogP contribution in [0.3, 0.4) is 0 Å². The molecular formula is C32H33N3O5S2. The fourth-order valence-electron chi connectivity index (χ4n) is 4.81. The van der Waals surface area contributed by atoms with Gasteiger partial charge >= 0.3 is 5.97 Å². The van der Waals surface area contributed by atoms with Gasteiger partial charge < -0.3 is 20.3 Å². The average Bonchev–Trinajstić information content (AvgIpc) is 3.26. The molecule has 0 atom stereocenters. The number of hydrogen-bond acceptors (Lipinski definition) is 8. The van der Waals surface area contributed by atoms with Gasteiger partial charge in [0.25, 0.3) is 5.91 Å². The van der Waals surface area contributed by atoms with Gasteiger partial charge in [0.05, 0.1) is 23.7 Å². The summed E-state index contributed by atoms with van der Waals surface area (Å²) >= 11 is 6.82. The van der Waals surface area contributed by atoms with Gasteiger partial charge in [0.15, 0.2) is 0 Å². The normalized spacial score (nSPS) is 16.8. The third-order valence-electron chi connectivity index (χ3n) is 7.36. The molecule has 5 rings (SSSR count). The Morgan fingerprint density at radius 2 is 1.86 bits per heavy atom. The zero-order valence-corrected chi connectivity index (χ0v) is 25.0. The van der Waals surface area contributed by atoms with Crippen LogP contribution in [0.5, 0.6) is 5.75 Å². The van der Waals surface area contributed by atoms with E-state index in [2.05, 4.69) is 4.90 Å².